The Morgan fingerprint density at radius 1 is 1.16 bits per heavy atom. The maximum absolute atomic E-state index is 13.6. The van der Waals surface area contributed by atoms with E-state index in [-0.39, 0.29) is 22.9 Å². The van der Waals surface area contributed by atoms with E-state index in [0.29, 0.717) is 37.4 Å². The average Bonchev–Trinajstić information content (AvgIpc) is 2.75. The first-order valence-electron chi connectivity index (χ1n) is 10.8. The number of benzene rings is 1. The summed E-state index contributed by atoms with van der Waals surface area (Å²) < 4.78 is 23.8. The van der Waals surface area contributed by atoms with Crippen LogP contribution in [0, 0.1) is 11.7 Å². The van der Waals surface area contributed by atoms with Gasteiger partial charge in [-0.25, -0.2) is 4.39 Å². The van der Waals surface area contributed by atoms with Gasteiger partial charge in [-0.05, 0) is 57.6 Å². The number of carbonyl (C=O) groups excluding carboxylic acids is 2. The summed E-state index contributed by atoms with van der Waals surface area (Å²) >= 11 is 0. The van der Waals surface area contributed by atoms with Crippen molar-refractivity contribution in [3.63, 3.8) is 0 Å². The molecule has 31 heavy (non-hydrogen) atoms. The van der Waals surface area contributed by atoms with E-state index in [1.54, 1.807) is 19.1 Å². The van der Waals surface area contributed by atoms with Gasteiger partial charge in [0.15, 0.2) is 0 Å². The molecule has 0 aliphatic heterocycles. The number of nitrogens with one attached hydrogen (secondary N) is 2. The van der Waals surface area contributed by atoms with Crippen molar-refractivity contribution >= 4 is 11.8 Å². The SMILES string of the molecule is COCC(C)(C)N(C)C(=O)CNC1CCC(CNC(=O)c2cc(F)cc(OC)c2)CC1. The van der Waals surface area contributed by atoms with Crippen molar-refractivity contribution in [3.05, 3.63) is 29.6 Å². The fourth-order valence-electron chi connectivity index (χ4n) is 3.86. The molecule has 0 unspecified atom stereocenters. The molecule has 0 atom stereocenters. The summed E-state index contributed by atoms with van der Waals surface area (Å²) in [6, 6.07) is 4.27. The van der Waals surface area contributed by atoms with Gasteiger partial charge in [0, 0.05) is 38.4 Å². The number of rotatable bonds is 10. The Morgan fingerprint density at radius 2 is 1.84 bits per heavy atom. The van der Waals surface area contributed by atoms with E-state index < -0.39 is 5.82 Å². The van der Waals surface area contributed by atoms with Crippen LogP contribution in [0.3, 0.4) is 0 Å². The maximum atomic E-state index is 13.6. The summed E-state index contributed by atoms with van der Waals surface area (Å²) in [5.41, 5.74) is -0.0963. The van der Waals surface area contributed by atoms with E-state index in [1.165, 1.54) is 25.3 Å². The van der Waals surface area contributed by atoms with Crippen LogP contribution in [-0.4, -0.2) is 69.3 Å². The first-order chi connectivity index (χ1) is 14.7. The van der Waals surface area contributed by atoms with Gasteiger partial charge in [0.05, 0.1) is 25.8 Å². The highest BCUT2D eigenvalue weighted by Gasteiger charge is 2.28. The first kappa shape index (κ1) is 25.1. The Bertz CT molecular complexity index is 748. The van der Waals surface area contributed by atoms with Crippen LogP contribution in [0.1, 0.15) is 49.9 Å². The Morgan fingerprint density at radius 3 is 2.45 bits per heavy atom. The third kappa shape index (κ3) is 7.47. The molecule has 0 spiro atoms. The molecular formula is C23H36FN3O4. The van der Waals surface area contributed by atoms with Gasteiger partial charge in [-0.2, -0.15) is 0 Å². The van der Waals surface area contributed by atoms with Crippen LogP contribution in [0.25, 0.3) is 0 Å². The quantitative estimate of drug-likeness (QED) is 0.588. The fraction of sp³-hybridized carbons (Fsp3) is 0.652. The number of carbonyl (C=O) groups is 2. The lowest BCUT2D eigenvalue weighted by Gasteiger charge is -2.36. The topological polar surface area (TPSA) is 79.9 Å². The Labute approximate surface area is 184 Å². The van der Waals surface area contributed by atoms with Crippen LogP contribution in [0.2, 0.25) is 0 Å². The molecule has 1 aliphatic carbocycles. The Kier molecular flexibility index (Phi) is 9.25. The zero-order chi connectivity index (χ0) is 23.0. The molecule has 0 heterocycles. The largest absolute Gasteiger partial charge is 0.497 e. The van der Waals surface area contributed by atoms with Gasteiger partial charge in [0.25, 0.3) is 5.91 Å². The number of amides is 2. The monoisotopic (exact) mass is 437 g/mol. The molecule has 2 N–H and O–H groups in total. The van der Waals surface area contributed by atoms with E-state index in [0.717, 1.165) is 25.7 Å². The minimum atomic E-state index is -0.498. The van der Waals surface area contributed by atoms with Crippen molar-refractivity contribution in [3.8, 4) is 5.75 Å². The predicted octanol–water partition coefficient (Wildman–Crippen LogP) is 2.60. The number of ether oxygens (including phenoxy) is 2. The third-order valence-electron chi connectivity index (χ3n) is 6.09. The van der Waals surface area contributed by atoms with Crippen LogP contribution >= 0.6 is 0 Å². The number of likely N-dealkylation sites (N-methyl/N-ethyl adjacent to an activating group) is 1. The van der Waals surface area contributed by atoms with Crippen molar-refractivity contribution in [2.24, 2.45) is 5.92 Å². The van der Waals surface area contributed by atoms with Gasteiger partial charge in [-0.3, -0.25) is 9.59 Å². The van der Waals surface area contributed by atoms with Gasteiger partial charge in [0.1, 0.15) is 11.6 Å². The average molecular weight is 438 g/mol. The fourth-order valence-corrected chi connectivity index (χ4v) is 3.86. The Hall–Kier alpha value is -2.19. The second kappa shape index (κ2) is 11.4. The van der Waals surface area contributed by atoms with Crippen molar-refractivity contribution in [1.82, 2.24) is 15.5 Å². The molecule has 2 rings (SSSR count). The molecule has 8 heteroatoms. The zero-order valence-electron chi connectivity index (χ0n) is 19.3. The van der Waals surface area contributed by atoms with Crippen LogP contribution < -0.4 is 15.4 Å². The van der Waals surface area contributed by atoms with E-state index in [9.17, 15) is 14.0 Å². The standard InChI is InChI=1S/C23H36FN3O4/c1-23(2,15-30-4)27(3)21(28)14-25-19-8-6-16(7-9-19)13-26-22(29)17-10-18(24)12-20(11-17)31-5/h10-12,16,19,25H,6-9,13-15H2,1-5H3,(H,26,29). The lowest BCUT2D eigenvalue weighted by atomic mass is 9.86. The lowest BCUT2D eigenvalue weighted by molar-refractivity contribution is -0.135. The van der Waals surface area contributed by atoms with Crippen molar-refractivity contribution in [2.75, 3.05) is 41.0 Å². The van der Waals surface area contributed by atoms with Gasteiger partial charge < -0.3 is 25.0 Å². The molecule has 0 radical (unpaired) electrons. The van der Waals surface area contributed by atoms with E-state index in [1.807, 2.05) is 13.8 Å². The maximum Gasteiger partial charge on any atom is 0.251 e. The molecule has 1 aromatic rings. The second-order valence-corrected chi connectivity index (χ2v) is 8.89. The molecular weight excluding hydrogens is 401 g/mol. The highest BCUT2D eigenvalue weighted by Crippen LogP contribution is 2.24. The molecule has 174 valence electrons. The summed E-state index contributed by atoms with van der Waals surface area (Å²) in [4.78, 5) is 26.6. The lowest BCUT2D eigenvalue weighted by Crippen LogP contribution is -2.51. The van der Waals surface area contributed by atoms with Crippen LogP contribution in [0.15, 0.2) is 18.2 Å². The summed E-state index contributed by atoms with van der Waals surface area (Å²) in [7, 11) is 4.88. The van der Waals surface area contributed by atoms with Crippen LogP contribution in [-0.2, 0) is 9.53 Å². The Balaban J connectivity index is 1.72. The van der Waals surface area contributed by atoms with E-state index in [2.05, 4.69) is 10.6 Å². The normalized spacial score (nSPS) is 19.0. The minimum absolute atomic E-state index is 0.0435. The number of hydrogen-bond donors (Lipinski definition) is 2. The number of nitrogens with zero attached hydrogens (tertiary/aromatic N) is 1. The van der Waals surface area contributed by atoms with Gasteiger partial charge in [-0.15, -0.1) is 0 Å². The second-order valence-electron chi connectivity index (χ2n) is 8.89. The molecule has 2 amide bonds. The van der Waals surface area contributed by atoms with E-state index in [4.69, 9.17) is 9.47 Å². The van der Waals surface area contributed by atoms with Crippen molar-refractivity contribution < 1.29 is 23.5 Å². The number of hydrogen-bond acceptors (Lipinski definition) is 5. The third-order valence-corrected chi connectivity index (χ3v) is 6.09. The predicted molar refractivity (Wildman–Crippen MR) is 118 cm³/mol. The van der Waals surface area contributed by atoms with Crippen molar-refractivity contribution in [2.45, 2.75) is 51.1 Å². The molecule has 1 aromatic carbocycles. The highest BCUT2D eigenvalue weighted by atomic mass is 19.1. The smallest absolute Gasteiger partial charge is 0.251 e. The molecule has 1 fully saturated rings. The summed E-state index contributed by atoms with van der Waals surface area (Å²) in [6.45, 7) is 5.30. The van der Waals surface area contributed by atoms with Gasteiger partial charge >= 0.3 is 0 Å². The highest BCUT2D eigenvalue weighted by molar-refractivity contribution is 5.94. The molecule has 0 aromatic heterocycles. The zero-order valence-corrected chi connectivity index (χ0v) is 19.3. The van der Waals surface area contributed by atoms with Gasteiger partial charge in [-0.1, -0.05) is 0 Å². The van der Waals surface area contributed by atoms with E-state index >= 15 is 0 Å². The molecule has 1 aliphatic rings. The first-order valence-corrected chi connectivity index (χ1v) is 10.8. The molecule has 0 saturated heterocycles. The molecule has 1 saturated carbocycles. The molecule has 7 nitrogen and oxygen atoms in total. The summed E-state index contributed by atoms with van der Waals surface area (Å²) in [5, 5.41) is 6.27. The number of methoxy groups -OCH3 is 2. The van der Waals surface area contributed by atoms with Crippen molar-refractivity contribution in [1.29, 1.82) is 0 Å². The minimum Gasteiger partial charge on any atom is -0.497 e. The number of halogens is 1. The molecule has 0 bridgehead atoms. The summed E-state index contributed by atoms with van der Waals surface area (Å²) in [6.07, 6.45) is 3.83. The van der Waals surface area contributed by atoms with Crippen LogP contribution in [0.5, 0.6) is 5.75 Å². The summed E-state index contributed by atoms with van der Waals surface area (Å²) in [5.74, 6) is -0.0619. The van der Waals surface area contributed by atoms with Crippen LogP contribution in [0.4, 0.5) is 4.39 Å². The van der Waals surface area contributed by atoms with Gasteiger partial charge in [0.2, 0.25) is 5.91 Å².